The Morgan fingerprint density at radius 2 is 2.25 bits per heavy atom. The number of hydrogen-bond donors (Lipinski definition) is 1. The summed E-state index contributed by atoms with van der Waals surface area (Å²) in [4.78, 5) is 0. The molecule has 1 aliphatic rings. The lowest BCUT2D eigenvalue weighted by Crippen LogP contribution is -2.15. The SMILES string of the molecule is Cc1cc(OCc2cc(CNC3CC3)no2)ccc1Cl. The van der Waals surface area contributed by atoms with E-state index in [1.54, 1.807) is 0 Å². The van der Waals surface area contributed by atoms with Gasteiger partial charge in [0.05, 0.1) is 5.69 Å². The van der Waals surface area contributed by atoms with Crippen molar-refractivity contribution in [1.29, 1.82) is 0 Å². The second-order valence-electron chi connectivity index (χ2n) is 5.14. The lowest BCUT2D eigenvalue weighted by Gasteiger charge is -2.05. The third-order valence-electron chi connectivity index (χ3n) is 3.27. The number of aryl methyl sites for hydroxylation is 1. The third kappa shape index (κ3) is 3.52. The number of nitrogens with zero attached hydrogens (tertiary/aromatic N) is 1. The van der Waals surface area contributed by atoms with Crippen molar-refractivity contribution in [2.75, 3.05) is 0 Å². The first kappa shape index (κ1) is 13.5. The van der Waals surface area contributed by atoms with Crippen LogP contribution >= 0.6 is 11.6 Å². The van der Waals surface area contributed by atoms with Gasteiger partial charge >= 0.3 is 0 Å². The Morgan fingerprint density at radius 1 is 1.40 bits per heavy atom. The van der Waals surface area contributed by atoms with Gasteiger partial charge in [-0.3, -0.25) is 0 Å². The molecular formula is C15H17ClN2O2. The van der Waals surface area contributed by atoms with Crippen LogP contribution in [0.3, 0.4) is 0 Å². The second kappa shape index (κ2) is 5.85. The standard InChI is InChI=1S/C15H17ClN2O2/c1-10-6-13(4-5-15(10)16)19-9-14-7-12(18-20-14)8-17-11-2-3-11/h4-7,11,17H,2-3,8-9H2,1H3. The Labute approximate surface area is 123 Å². The van der Waals surface area contributed by atoms with Crippen molar-refractivity contribution < 1.29 is 9.26 Å². The first-order valence-corrected chi connectivity index (χ1v) is 7.15. The fourth-order valence-electron chi connectivity index (χ4n) is 1.90. The highest BCUT2D eigenvalue weighted by molar-refractivity contribution is 6.31. The van der Waals surface area contributed by atoms with Crippen molar-refractivity contribution in [3.05, 3.63) is 46.3 Å². The first-order valence-electron chi connectivity index (χ1n) is 6.77. The molecule has 3 rings (SSSR count). The highest BCUT2D eigenvalue weighted by atomic mass is 35.5. The molecule has 1 fully saturated rings. The molecular weight excluding hydrogens is 276 g/mol. The van der Waals surface area contributed by atoms with Gasteiger partial charge in [0.25, 0.3) is 0 Å². The predicted octanol–water partition coefficient (Wildman–Crippen LogP) is 3.47. The molecule has 4 nitrogen and oxygen atoms in total. The van der Waals surface area contributed by atoms with Gasteiger partial charge in [-0.15, -0.1) is 0 Å². The summed E-state index contributed by atoms with van der Waals surface area (Å²) in [5, 5.41) is 8.16. The van der Waals surface area contributed by atoms with E-state index in [4.69, 9.17) is 20.9 Å². The Morgan fingerprint density at radius 3 is 3.00 bits per heavy atom. The Bertz CT molecular complexity index is 593. The van der Waals surface area contributed by atoms with Crippen LogP contribution in [0.15, 0.2) is 28.8 Å². The topological polar surface area (TPSA) is 47.3 Å². The highest BCUT2D eigenvalue weighted by Crippen LogP contribution is 2.22. The molecule has 1 aromatic carbocycles. The monoisotopic (exact) mass is 292 g/mol. The maximum atomic E-state index is 5.98. The molecule has 1 aromatic heterocycles. The van der Waals surface area contributed by atoms with Crippen LogP contribution in [0.4, 0.5) is 0 Å². The van der Waals surface area contributed by atoms with Crippen molar-refractivity contribution in [3.63, 3.8) is 0 Å². The molecule has 2 aromatic rings. The molecule has 0 saturated heterocycles. The first-order chi connectivity index (χ1) is 9.70. The van der Waals surface area contributed by atoms with Crippen LogP contribution in [0, 0.1) is 6.92 Å². The van der Waals surface area contributed by atoms with Gasteiger partial charge < -0.3 is 14.6 Å². The molecule has 1 heterocycles. The van der Waals surface area contributed by atoms with Crippen molar-refractivity contribution in [2.45, 2.75) is 39.0 Å². The van der Waals surface area contributed by atoms with Gasteiger partial charge in [0.15, 0.2) is 5.76 Å². The van der Waals surface area contributed by atoms with Gasteiger partial charge in [0, 0.05) is 23.7 Å². The minimum Gasteiger partial charge on any atom is -0.486 e. The van der Waals surface area contributed by atoms with Crippen molar-refractivity contribution in [3.8, 4) is 5.75 Å². The molecule has 0 aliphatic heterocycles. The van der Waals surface area contributed by atoms with Gasteiger partial charge in [0.2, 0.25) is 0 Å². The third-order valence-corrected chi connectivity index (χ3v) is 3.69. The number of halogens is 1. The molecule has 5 heteroatoms. The number of rotatable bonds is 6. The van der Waals surface area contributed by atoms with Crippen LogP contribution in [0.5, 0.6) is 5.75 Å². The summed E-state index contributed by atoms with van der Waals surface area (Å²) in [6.45, 7) is 3.08. The Hall–Kier alpha value is -1.52. The lowest BCUT2D eigenvalue weighted by molar-refractivity contribution is 0.248. The van der Waals surface area contributed by atoms with Crippen molar-refractivity contribution in [1.82, 2.24) is 10.5 Å². The average molecular weight is 293 g/mol. The summed E-state index contributed by atoms with van der Waals surface area (Å²) in [7, 11) is 0. The number of aromatic nitrogens is 1. The fraction of sp³-hybridized carbons (Fsp3) is 0.400. The van der Waals surface area contributed by atoms with E-state index in [1.807, 2.05) is 31.2 Å². The zero-order chi connectivity index (χ0) is 13.9. The number of ether oxygens (including phenoxy) is 1. The van der Waals surface area contributed by atoms with E-state index in [0.717, 1.165) is 34.3 Å². The lowest BCUT2D eigenvalue weighted by atomic mass is 10.2. The Balaban J connectivity index is 1.53. The van der Waals surface area contributed by atoms with Crippen LogP contribution < -0.4 is 10.1 Å². The van der Waals surface area contributed by atoms with E-state index in [1.165, 1.54) is 12.8 Å². The van der Waals surface area contributed by atoms with Crippen molar-refractivity contribution >= 4 is 11.6 Å². The van der Waals surface area contributed by atoms with Gasteiger partial charge in [-0.1, -0.05) is 16.8 Å². The Kier molecular flexibility index (Phi) is 3.94. The molecule has 106 valence electrons. The molecule has 1 N–H and O–H groups in total. The zero-order valence-corrected chi connectivity index (χ0v) is 12.1. The van der Waals surface area contributed by atoms with Gasteiger partial charge in [-0.25, -0.2) is 0 Å². The molecule has 0 amide bonds. The summed E-state index contributed by atoms with van der Waals surface area (Å²) < 4.78 is 10.9. The smallest absolute Gasteiger partial charge is 0.174 e. The molecule has 1 saturated carbocycles. The van der Waals surface area contributed by atoms with Gasteiger partial charge in [-0.05, 0) is 43.5 Å². The van der Waals surface area contributed by atoms with E-state index in [2.05, 4.69) is 10.5 Å². The molecule has 0 spiro atoms. The van der Waals surface area contributed by atoms with Crippen LogP contribution in [0.25, 0.3) is 0 Å². The minimum absolute atomic E-state index is 0.373. The van der Waals surface area contributed by atoms with E-state index >= 15 is 0 Å². The molecule has 1 aliphatic carbocycles. The zero-order valence-electron chi connectivity index (χ0n) is 11.4. The van der Waals surface area contributed by atoms with Gasteiger partial charge in [-0.2, -0.15) is 0 Å². The number of benzene rings is 1. The number of hydrogen-bond acceptors (Lipinski definition) is 4. The highest BCUT2D eigenvalue weighted by Gasteiger charge is 2.20. The largest absolute Gasteiger partial charge is 0.486 e. The quantitative estimate of drug-likeness (QED) is 0.885. The molecule has 0 bridgehead atoms. The maximum Gasteiger partial charge on any atom is 0.174 e. The molecule has 0 radical (unpaired) electrons. The minimum atomic E-state index is 0.373. The molecule has 0 unspecified atom stereocenters. The van der Waals surface area contributed by atoms with Gasteiger partial charge in [0.1, 0.15) is 12.4 Å². The summed E-state index contributed by atoms with van der Waals surface area (Å²) in [6.07, 6.45) is 2.54. The van der Waals surface area contributed by atoms with Crippen LogP contribution in [0.1, 0.15) is 29.9 Å². The summed E-state index contributed by atoms with van der Waals surface area (Å²) in [5.74, 6) is 1.51. The molecule has 20 heavy (non-hydrogen) atoms. The average Bonchev–Trinajstić information content (AvgIpc) is 3.16. The van der Waals surface area contributed by atoms with Crippen LogP contribution in [-0.4, -0.2) is 11.2 Å². The van der Waals surface area contributed by atoms with E-state index < -0.39 is 0 Å². The van der Waals surface area contributed by atoms with E-state index in [0.29, 0.717) is 12.6 Å². The summed E-state index contributed by atoms with van der Waals surface area (Å²) in [6, 6.07) is 8.19. The molecule has 0 atom stereocenters. The summed E-state index contributed by atoms with van der Waals surface area (Å²) in [5.41, 5.74) is 1.92. The normalized spacial score (nSPS) is 14.5. The summed E-state index contributed by atoms with van der Waals surface area (Å²) >= 11 is 5.98. The predicted molar refractivity (Wildman–Crippen MR) is 76.9 cm³/mol. The maximum absolute atomic E-state index is 5.98. The van der Waals surface area contributed by atoms with E-state index in [9.17, 15) is 0 Å². The van der Waals surface area contributed by atoms with Crippen molar-refractivity contribution in [2.24, 2.45) is 0 Å². The van der Waals surface area contributed by atoms with E-state index in [-0.39, 0.29) is 0 Å². The second-order valence-corrected chi connectivity index (χ2v) is 5.55. The fourth-order valence-corrected chi connectivity index (χ4v) is 2.02. The van der Waals surface area contributed by atoms with Crippen LogP contribution in [0.2, 0.25) is 5.02 Å². The number of nitrogens with one attached hydrogen (secondary N) is 1. The van der Waals surface area contributed by atoms with Crippen LogP contribution in [-0.2, 0) is 13.2 Å².